The molecule has 0 radical (unpaired) electrons. The number of benzene rings is 1. The second-order valence-corrected chi connectivity index (χ2v) is 5.93. The third kappa shape index (κ3) is 1.94. The average Bonchev–Trinajstić information content (AvgIpc) is 2.91. The van der Waals surface area contributed by atoms with Crippen LogP contribution in [0.1, 0.15) is 16.8 Å². The van der Waals surface area contributed by atoms with Crippen molar-refractivity contribution in [1.29, 1.82) is 5.26 Å². The predicted octanol–water partition coefficient (Wildman–Crippen LogP) is 5.22. The highest BCUT2D eigenvalue weighted by Gasteiger charge is 2.21. The van der Waals surface area contributed by atoms with Crippen LogP contribution in [0, 0.1) is 25.2 Å². The van der Waals surface area contributed by atoms with Crippen molar-refractivity contribution in [2.45, 2.75) is 13.8 Å². The zero-order valence-corrected chi connectivity index (χ0v) is 13.2. The molecule has 1 aromatic carbocycles. The van der Waals surface area contributed by atoms with Crippen molar-refractivity contribution in [2.75, 3.05) is 0 Å². The summed E-state index contributed by atoms with van der Waals surface area (Å²) in [4.78, 5) is 0. The maximum atomic E-state index is 9.65. The Balaban J connectivity index is 2.09. The normalized spacial score (nSPS) is 11.0. The summed E-state index contributed by atoms with van der Waals surface area (Å²) in [5.74, 6) is 0. The van der Waals surface area contributed by atoms with Crippen molar-refractivity contribution in [1.82, 2.24) is 4.57 Å². The van der Waals surface area contributed by atoms with Crippen molar-refractivity contribution in [3.8, 4) is 22.9 Å². The summed E-state index contributed by atoms with van der Waals surface area (Å²) in [6, 6.07) is 21.0. The zero-order chi connectivity index (χ0) is 16.0. The molecule has 0 saturated carbocycles. The van der Waals surface area contributed by atoms with E-state index < -0.39 is 0 Å². The molecule has 2 nitrogen and oxygen atoms in total. The van der Waals surface area contributed by atoms with E-state index in [4.69, 9.17) is 0 Å². The van der Waals surface area contributed by atoms with Gasteiger partial charge in [0.25, 0.3) is 0 Å². The number of aromatic nitrogens is 1. The Labute approximate surface area is 135 Å². The van der Waals surface area contributed by atoms with E-state index in [1.54, 1.807) is 0 Å². The summed E-state index contributed by atoms with van der Waals surface area (Å²) in [5.41, 5.74) is 6.47. The summed E-state index contributed by atoms with van der Waals surface area (Å²) in [6.07, 6.45) is 2.09. The molecule has 0 unspecified atom stereocenters. The molecule has 2 heteroatoms. The summed E-state index contributed by atoms with van der Waals surface area (Å²) < 4.78 is 2.18. The summed E-state index contributed by atoms with van der Waals surface area (Å²) >= 11 is 0. The monoisotopic (exact) mass is 296 g/mol. The fourth-order valence-electron chi connectivity index (χ4n) is 3.36. The van der Waals surface area contributed by atoms with Gasteiger partial charge in [-0.05, 0) is 31.5 Å². The molecule has 0 fully saturated rings. The highest BCUT2D eigenvalue weighted by molar-refractivity contribution is 6.09. The molecule has 0 saturated heterocycles. The molecule has 0 spiro atoms. The first-order chi connectivity index (χ1) is 11.2. The Bertz CT molecular complexity index is 1030. The van der Waals surface area contributed by atoms with E-state index in [0.717, 1.165) is 27.8 Å². The Hall–Kier alpha value is -3.05. The molecular formula is C21H16N2. The Kier molecular flexibility index (Phi) is 2.96. The zero-order valence-electron chi connectivity index (χ0n) is 13.2. The van der Waals surface area contributed by atoms with Crippen LogP contribution in [0.3, 0.4) is 0 Å². The Morgan fingerprint density at radius 2 is 1.57 bits per heavy atom. The number of rotatable bonds is 1. The van der Waals surface area contributed by atoms with Crippen LogP contribution in [-0.2, 0) is 0 Å². The van der Waals surface area contributed by atoms with Gasteiger partial charge in [0, 0.05) is 33.9 Å². The second kappa shape index (κ2) is 5.00. The van der Waals surface area contributed by atoms with Gasteiger partial charge in [0.05, 0.1) is 5.56 Å². The second-order valence-electron chi connectivity index (χ2n) is 5.93. The van der Waals surface area contributed by atoms with E-state index in [1.165, 1.54) is 16.6 Å². The van der Waals surface area contributed by atoms with E-state index in [2.05, 4.69) is 61.0 Å². The molecule has 0 aliphatic heterocycles. The van der Waals surface area contributed by atoms with E-state index in [9.17, 15) is 5.26 Å². The lowest BCUT2D eigenvalue weighted by Gasteiger charge is -2.07. The summed E-state index contributed by atoms with van der Waals surface area (Å²) in [7, 11) is 0. The molecule has 0 N–H and O–H groups in total. The van der Waals surface area contributed by atoms with Crippen molar-refractivity contribution in [2.24, 2.45) is 0 Å². The summed E-state index contributed by atoms with van der Waals surface area (Å²) in [6.45, 7) is 4.21. The van der Waals surface area contributed by atoms with Gasteiger partial charge in [-0.25, -0.2) is 0 Å². The third-order valence-corrected chi connectivity index (χ3v) is 4.52. The summed E-state index contributed by atoms with van der Waals surface area (Å²) in [5, 5.41) is 11.9. The van der Waals surface area contributed by atoms with Gasteiger partial charge in [-0.15, -0.1) is 0 Å². The molecule has 0 bridgehead atoms. The van der Waals surface area contributed by atoms with Crippen LogP contribution >= 0.6 is 0 Å². The molecule has 23 heavy (non-hydrogen) atoms. The van der Waals surface area contributed by atoms with E-state index in [1.807, 2.05) is 24.3 Å². The molecule has 110 valence electrons. The molecule has 0 atom stereocenters. The Morgan fingerprint density at radius 3 is 2.26 bits per heavy atom. The number of fused-ring (bicyclic) bond motifs is 3. The largest absolute Gasteiger partial charge is 0.320 e. The standard InChI is InChI=1S/C21H16N2/c1-14-8-10-16(11-9-14)23-13-20-19(12-22)17-6-4-3-5-7-18(17)21(20)15(23)2/h3-11,13H,1-2H3. The lowest BCUT2D eigenvalue weighted by molar-refractivity contribution is 1.02. The highest BCUT2D eigenvalue weighted by Crippen LogP contribution is 2.41. The topological polar surface area (TPSA) is 28.7 Å². The predicted molar refractivity (Wildman–Crippen MR) is 94.1 cm³/mol. The van der Waals surface area contributed by atoms with Gasteiger partial charge in [-0.3, -0.25) is 0 Å². The first-order valence-electron chi connectivity index (χ1n) is 7.70. The first-order valence-corrected chi connectivity index (χ1v) is 7.70. The van der Waals surface area contributed by atoms with Gasteiger partial charge in [-0.2, -0.15) is 5.26 Å². The van der Waals surface area contributed by atoms with Gasteiger partial charge in [-0.1, -0.05) is 48.0 Å². The maximum Gasteiger partial charge on any atom is 0.100 e. The third-order valence-electron chi connectivity index (χ3n) is 4.52. The van der Waals surface area contributed by atoms with E-state index in [0.29, 0.717) is 0 Å². The number of aryl methyl sites for hydroxylation is 2. The number of nitrogens with zero attached hydrogens (tertiary/aromatic N) is 2. The lowest BCUT2D eigenvalue weighted by atomic mass is 10.1. The van der Waals surface area contributed by atoms with Crippen molar-refractivity contribution in [3.63, 3.8) is 0 Å². The SMILES string of the molecule is Cc1ccc(-n2cc3c(C#N)c4cccccc-4c3c2C)cc1. The average molecular weight is 296 g/mol. The van der Waals surface area contributed by atoms with Crippen LogP contribution in [0.2, 0.25) is 0 Å². The fraction of sp³-hybridized carbons (Fsp3) is 0.0952. The molecule has 2 aromatic rings. The Morgan fingerprint density at radius 1 is 0.870 bits per heavy atom. The molecule has 2 aliphatic carbocycles. The van der Waals surface area contributed by atoms with Gasteiger partial charge in [0.2, 0.25) is 0 Å². The van der Waals surface area contributed by atoms with Gasteiger partial charge in [0.1, 0.15) is 6.07 Å². The van der Waals surface area contributed by atoms with E-state index >= 15 is 0 Å². The molecule has 1 heterocycles. The van der Waals surface area contributed by atoms with Crippen molar-refractivity contribution < 1.29 is 0 Å². The van der Waals surface area contributed by atoms with Gasteiger partial charge < -0.3 is 4.57 Å². The highest BCUT2D eigenvalue weighted by atomic mass is 15.0. The molecular weight excluding hydrogens is 280 g/mol. The molecule has 1 aromatic heterocycles. The minimum absolute atomic E-state index is 0.764. The molecule has 2 aliphatic rings. The van der Waals surface area contributed by atoms with Crippen LogP contribution in [-0.4, -0.2) is 4.57 Å². The van der Waals surface area contributed by atoms with Crippen LogP contribution < -0.4 is 0 Å². The van der Waals surface area contributed by atoms with Crippen LogP contribution in [0.4, 0.5) is 0 Å². The molecule has 4 rings (SSSR count). The fourth-order valence-corrected chi connectivity index (χ4v) is 3.36. The van der Waals surface area contributed by atoms with Gasteiger partial charge >= 0.3 is 0 Å². The lowest BCUT2D eigenvalue weighted by Crippen LogP contribution is -1.94. The number of nitriles is 1. The maximum absolute atomic E-state index is 9.65. The first kappa shape index (κ1) is 13.6. The van der Waals surface area contributed by atoms with Crippen LogP contribution in [0.15, 0.2) is 60.8 Å². The minimum Gasteiger partial charge on any atom is -0.320 e. The van der Waals surface area contributed by atoms with Crippen molar-refractivity contribution in [3.05, 3.63) is 77.6 Å². The van der Waals surface area contributed by atoms with Crippen LogP contribution in [0.25, 0.3) is 27.6 Å². The molecule has 0 amide bonds. The van der Waals surface area contributed by atoms with E-state index in [-0.39, 0.29) is 0 Å². The quantitative estimate of drug-likeness (QED) is 0.473. The van der Waals surface area contributed by atoms with Crippen LogP contribution in [0.5, 0.6) is 0 Å². The van der Waals surface area contributed by atoms with Crippen molar-refractivity contribution >= 4 is 10.8 Å². The number of hydrogen-bond donors (Lipinski definition) is 0. The smallest absolute Gasteiger partial charge is 0.100 e. The number of hydrogen-bond acceptors (Lipinski definition) is 1. The minimum atomic E-state index is 0.764. The van der Waals surface area contributed by atoms with Gasteiger partial charge in [0.15, 0.2) is 0 Å².